The molecule has 3 rings (SSSR count). The normalized spacial score (nSPS) is 20.3. The fourth-order valence-electron chi connectivity index (χ4n) is 4.07. The smallest absolute Gasteiger partial charge is 0.219 e. The highest BCUT2D eigenvalue weighted by Gasteiger charge is 2.35. The molecule has 146 valence electrons. The van der Waals surface area contributed by atoms with Crippen molar-refractivity contribution in [2.45, 2.75) is 33.2 Å². The Morgan fingerprint density at radius 3 is 2.74 bits per heavy atom. The van der Waals surface area contributed by atoms with Crippen LogP contribution in [0.1, 0.15) is 38.0 Å². The molecule has 1 aliphatic rings. The van der Waals surface area contributed by atoms with Gasteiger partial charge in [0.05, 0.1) is 12.8 Å². The van der Waals surface area contributed by atoms with Crippen molar-refractivity contribution in [1.29, 1.82) is 0 Å². The first-order chi connectivity index (χ1) is 12.9. The second-order valence-corrected chi connectivity index (χ2v) is 8.01. The lowest BCUT2D eigenvalue weighted by atomic mass is 9.88. The largest absolute Gasteiger partial charge is 0.468 e. The number of carbonyl (C=O) groups is 1. The number of hydrogen-bond donors (Lipinski definition) is 0. The Bertz CT molecular complexity index is 745. The molecule has 1 saturated heterocycles. The van der Waals surface area contributed by atoms with Crippen LogP contribution in [-0.4, -0.2) is 41.9 Å². The first-order valence-electron chi connectivity index (χ1n) is 9.68. The summed E-state index contributed by atoms with van der Waals surface area (Å²) < 4.78 is 19.3. The Morgan fingerprint density at radius 1 is 1.30 bits per heavy atom. The molecule has 4 nitrogen and oxygen atoms in total. The summed E-state index contributed by atoms with van der Waals surface area (Å²) in [6.45, 7) is 9.76. The number of carbonyl (C=O) groups excluding carboxylic acids is 1. The van der Waals surface area contributed by atoms with Gasteiger partial charge in [-0.1, -0.05) is 26.0 Å². The minimum Gasteiger partial charge on any atom is -0.468 e. The highest BCUT2D eigenvalue weighted by molar-refractivity contribution is 5.73. The molecule has 0 spiro atoms. The highest BCUT2D eigenvalue weighted by atomic mass is 19.1. The molecule has 5 heteroatoms. The molecule has 2 aromatic rings. The molecule has 2 heterocycles. The van der Waals surface area contributed by atoms with Crippen LogP contribution in [0.3, 0.4) is 0 Å². The van der Waals surface area contributed by atoms with E-state index < -0.39 is 0 Å². The Balaban J connectivity index is 1.79. The fraction of sp³-hybridized carbons (Fsp3) is 0.500. The molecule has 0 unspecified atom stereocenters. The number of rotatable bonds is 7. The van der Waals surface area contributed by atoms with E-state index >= 15 is 0 Å². The molecule has 0 saturated carbocycles. The van der Waals surface area contributed by atoms with Crippen molar-refractivity contribution in [2.24, 2.45) is 11.8 Å². The molecule has 1 fully saturated rings. The minimum atomic E-state index is -0.207. The van der Waals surface area contributed by atoms with Crippen LogP contribution in [-0.2, 0) is 11.3 Å². The van der Waals surface area contributed by atoms with Crippen LogP contribution in [0.2, 0.25) is 0 Å². The number of amides is 1. The number of furan rings is 1. The third-order valence-electron chi connectivity index (χ3n) is 5.24. The molecule has 0 N–H and O–H groups in total. The van der Waals surface area contributed by atoms with Gasteiger partial charge in [0.25, 0.3) is 0 Å². The van der Waals surface area contributed by atoms with E-state index in [1.54, 1.807) is 25.3 Å². The van der Waals surface area contributed by atoms with E-state index in [2.05, 4.69) is 18.7 Å². The van der Waals surface area contributed by atoms with Gasteiger partial charge in [0.1, 0.15) is 11.6 Å². The number of halogens is 1. The van der Waals surface area contributed by atoms with Gasteiger partial charge < -0.3 is 9.32 Å². The van der Waals surface area contributed by atoms with Gasteiger partial charge in [-0.15, -0.1) is 0 Å². The summed E-state index contributed by atoms with van der Waals surface area (Å²) in [7, 11) is 0. The third kappa shape index (κ3) is 5.19. The summed E-state index contributed by atoms with van der Waals surface area (Å²) in [5, 5.41) is 0. The Labute approximate surface area is 161 Å². The van der Waals surface area contributed by atoms with E-state index in [1.165, 1.54) is 6.07 Å². The van der Waals surface area contributed by atoms with Crippen molar-refractivity contribution in [1.82, 2.24) is 9.80 Å². The van der Waals surface area contributed by atoms with E-state index in [1.807, 2.05) is 23.1 Å². The fourth-order valence-corrected chi connectivity index (χ4v) is 4.07. The van der Waals surface area contributed by atoms with Crippen LogP contribution < -0.4 is 0 Å². The van der Waals surface area contributed by atoms with Crippen LogP contribution in [0.15, 0.2) is 47.1 Å². The average Bonchev–Trinajstić information content (AvgIpc) is 3.24. The van der Waals surface area contributed by atoms with Gasteiger partial charge in [-0.2, -0.15) is 0 Å². The quantitative estimate of drug-likeness (QED) is 0.733. The van der Waals surface area contributed by atoms with E-state index in [4.69, 9.17) is 4.42 Å². The maximum Gasteiger partial charge on any atom is 0.219 e. The topological polar surface area (TPSA) is 36.7 Å². The second kappa shape index (κ2) is 8.70. The van der Waals surface area contributed by atoms with E-state index in [-0.39, 0.29) is 23.6 Å². The molecule has 0 bridgehead atoms. The Morgan fingerprint density at radius 2 is 2.11 bits per heavy atom. The second-order valence-electron chi connectivity index (χ2n) is 8.01. The SMILES string of the molecule is CC(=O)N(CC(C)C)C[C@@H]1CN(Cc2ccco2)C[C@@H]1c1cccc(F)c1. The summed E-state index contributed by atoms with van der Waals surface area (Å²) in [4.78, 5) is 16.4. The summed E-state index contributed by atoms with van der Waals surface area (Å²) in [6.07, 6.45) is 1.69. The maximum atomic E-state index is 13.8. The molecule has 0 radical (unpaired) electrons. The van der Waals surface area contributed by atoms with Gasteiger partial charge in [0, 0.05) is 39.0 Å². The van der Waals surface area contributed by atoms with Crippen molar-refractivity contribution < 1.29 is 13.6 Å². The summed E-state index contributed by atoms with van der Waals surface area (Å²) >= 11 is 0. The number of hydrogen-bond acceptors (Lipinski definition) is 3. The van der Waals surface area contributed by atoms with Crippen LogP contribution in [0.4, 0.5) is 4.39 Å². The van der Waals surface area contributed by atoms with Gasteiger partial charge in [0.2, 0.25) is 5.91 Å². The standard InChI is InChI=1S/C22H29FN2O2/c1-16(2)11-25(17(3)26)13-19-12-24(14-21-8-5-9-27-21)15-22(19)18-6-4-7-20(23)10-18/h4-10,16,19,22H,11-15H2,1-3H3/t19-,22+/m0/s1. The zero-order chi connectivity index (χ0) is 19.4. The Kier molecular flexibility index (Phi) is 6.32. The monoisotopic (exact) mass is 372 g/mol. The van der Waals surface area contributed by atoms with Crippen molar-refractivity contribution in [3.8, 4) is 0 Å². The van der Waals surface area contributed by atoms with E-state index in [9.17, 15) is 9.18 Å². The highest BCUT2D eigenvalue weighted by Crippen LogP contribution is 2.34. The maximum absolute atomic E-state index is 13.8. The first-order valence-corrected chi connectivity index (χ1v) is 9.68. The van der Waals surface area contributed by atoms with Crippen LogP contribution in [0.5, 0.6) is 0 Å². The molecule has 1 amide bonds. The van der Waals surface area contributed by atoms with Crippen LogP contribution >= 0.6 is 0 Å². The molecule has 2 atom stereocenters. The van der Waals surface area contributed by atoms with Crippen molar-refractivity contribution in [2.75, 3.05) is 26.2 Å². The molecule has 1 aromatic heterocycles. The number of benzene rings is 1. The lowest BCUT2D eigenvalue weighted by molar-refractivity contribution is -0.130. The minimum absolute atomic E-state index is 0.103. The zero-order valence-corrected chi connectivity index (χ0v) is 16.4. The van der Waals surface area contributed by atoms with Gasteiger partial charge in [-0.3, -0.25) is 9.69 Å². The first kappa shape index (κ1) is 19.6. The summed E-state index contributed by atoms with van der Waals surface area (Å²) in [6, 6.07) is 10.8. The van der Waals surface area contributed by atoms with E-state index in [0.29, 0.717) is 12.5 Å². The summed E-state index contributed by atoms with van der Waals surface area (Å²) in [5.74, 6) is 1.71. The third-order valence-corrected chi connectivity index (χ3v) is 5.24. The van der Waals surface area contributed by atoms with Gasteiger partial charge in [-0.25, -0.2) is 4.39 Å². The summed E-state index contributed by atoms with van der Waals surface area (Å²) in [5.41, 5.74) is 1.01. The molecular formula is C22H29FN2O2. The van der Waals surface area contributed by atoms with Gasteiger partial charge in [-0.05, 0) is 41.7 Å². The van der Waals surface area contributed by atoms with Crippen molar-refractivity contribution in [3.05, 3.63) is 59.8 Å². The van der Waals surface area contributed by atoms with Crippen LogP contribution in [0.25, 0.3) is 0 Å². The lowest BCUT2D eigenvalue weighted by Gasteiger charge is -2.29. The number of nitrogens with zero attached hydrogens (tertiary/aromatic N) is 2. The molecular weight excluding hydrogens is 343 g/mol. The van der Waals surface area contributed by atoms with Gasteiger partial charge in [0.15, 0.2) is 0 Å². The van der Waals surface area contributed by atoms with Crippen molar-refractivity contribution >= 4 is 5.91 Å². The van der Waals surface area contributed by atoms with Crippen LogP contribution in [0, 0.1) is 17.7 Å². The predicted molar refractivity (Wildman–Crippen MR) is 104 cm³/mol. The predicted octanol–water partition coefficient (Wildman–Crippen LogP) is 4.14. The molecule has 1 aliphatic heterocycles. The van der Waals surface area contributed by atoms with Gasteiger partial charge >= 0.3 is 0 Å². The van der Waals surface area contributed by atoms with Crippen molar-refractivity contribution in [3.63, 3.8) is 0 Å². The average molecular weight is 372 g/mol. The molecule has 1 aromatic carbocycles. The Hall–Kier alpha value is -2.14. The van der Waals surface area contributed by atoms with E-state index in [0.717, 1.165) is 37.5 Å². The number of likely N-dealkylation sites (tertiary alicyclic amines) is 1. The lowest BCUT2D eigenvalue weighted by Crippen LogP contribution is -2.38. The molecule has 0 aliphatic carbocycles. The molecule has 27 heavy (non-hydrogen) atoms. The zero-order valence-electron chi connectivity index (χ0n) is 16.4.